The molecule has 0 bridgehead atoms. The molecule has 1 unspecified atom stereocenters. The monoisotopic (exact) mass is 112 g/mol. The number of terminal acetylenes is 1. The molecule has 0 aromatic rings. The molecule has 44 valence electrons. The molecule has 1 N–H and O–H groups in total. The Balaban J connectivity index is 3.20. The second kappa shape index (κ2) is 4.35. The van der Waals surface area contributed by atoms with E-state index in [9.17, 15) is 4.79 Å². The summed E-state index contributed by atoms with van der Waals surface area (Å²) in [6.45, 7) is 0. The molecule has 8 heavy (non-hydrogen) atoms. The lowest BCUT2D eigenvalue weighted by Gasteiger charge is -1.97. The second-order valence-electron chi connectivity index (χ2n) is 1.46. The van der Waals surface area contributed by atoms with Crippen LogP contribution < -0.4 is 0 Å². The summed E-state index contributed by atoms with van der Waals surface area (Å²) < 4.78 is 0. The second-order valence-corrected chi connectivity index (χ2v) is 1.46. The number of hydrogen-bond donors (Lipinski definition) is 1. The lowest BCUT2D eigenvalue weighted by Crippen LogP contribution is -2.04. The first-order valence-corrected chi connectivity index (χ1v) is 2.36. The SMILES string of the molecule is C#CCC(O)CC=O. The van der Waals surface area contributed by atoms with E-state index in [4.69, 9.17) is 11.5 Å². The fourth-order valence-corrected chi connectivity index (χ4v) is 0.330. The Morgan fingerprint density at radius 3 is 2.88 bits per heavy atom. The molecule has 0 aliphatic heterocycles. The van der Waals surface area contributed by atoms with Crippen molar-refractivity contribution in [3.63, 3.8) is 0 Å². The molecule has 0 spiro atoms. The Hall–Kier alpha value is -0.810. The van der Waals surface area contributed by atoms with Crippen LogP contribution in [0.5, 0.6) is 0 Å². The minimum atomic E-state index is -0.641. The van der Waals surface area contributed by atoms with E-state index in [1.807, 2.05) is 0 Å². The van der Waals surface area contributed by atoms with Crippen LogP contribution in [0.25, 0.3) is 0 Å². The molecule has 0 aromatic carbocycles. The van der Waals surface area contributed by atoms with Crippen LogP contribution in [0, 0.1) is 12.3 Å². The standard InChI is InChI=1S/C6H8O2/c1-2-3-6(8)4-5-7/h1,5-6,8H,3-4H2. The van der Waals surface area contributed by atoms with Gasteiger partial charge in [0.15, 0.2) is 0 Å². The van der Waals surface area contributed by atoms with Gasteiger partial charge < -0.3 is 9.90 Å². The lowest BCUT2D eigenvalue weighted by atomic mass is 10.2. The number of aliphatic hydroxyl groups excluding tert-OH is 1. The van der Waals surface area contributed by atoms with Crippen molar-refractivity contribution in [2.75, 3.05) is 0 Å². The molecular formula is C6H8O2. The third-order valence-corrected chi connectivity index (χ3v) is 0.722. The molecule has 0 fully saturated rings. The molecule has 2 heteroatoms. The van der Waals surface area contributed by atoms with E-state index in [0.29, 0.717) is 6.29 Å². The maximum Gasteiger partial charge on any atom is 0.122 e. The highest BCUT2D eigenvalue weighted by Crippen LogP contribution is 1.91. The summed E-state index contributed by atoms with van der Waals surface area (Å²) in [6, 6.07) is 0. The molecule has 0 amide bonds. The highest BCUT2D eigenvalue weighted by atomic mass is 16.3. The summed E-state index contributed by atoms with van der Waals surface area (Å²) in [6.07, 6.45) is 5.25. The number of carbonyl (C=O) groups excluding carboxylic acids is 1. The van der Waals surface area contributed by atoms with Gasteiger partial charge in [-0.15, -0.1) is 12.3 Å². The summed E-state index contributed by atoms with van der Waals surface area (Å²) in [5.41, 5.74) is 0. The van der Waals surface area contributed by atoms with E-state index in [2.05, 4.69) is 5.92 Å². The van der Waals surface area contributed by atoms with Gasteiger partial charge in [-0.2, -0.15) is 0 Å². The van der Waals surface area contributed by atoms with Gasteiger partial charge in [-0.1, -0.05) is 0 Å². The highest BCUT2D eigenvalue weighted by Gasteiger charge is 1.97. The summed E-state index contributed by atoms with van der Waals surface area (Å²) in [7, 11) is 0. The van der Waals surface area contributed by atoms with Gasteiger partial charge in [0.25, 0.3) is 0 Å². The zero-order chi connectivity index (χ0) is 6.41. The van der Waals surface area contributed by atoms with Crippen molar-refractivity contribution in [3.05, 3.63) is 0 Å². The number of carbonyl (C=O) groups is 1. The van der Waals surface area contributed by atoms with E-state index in [0.717, 1.165) is 0 Å². The number of rotatable bonds is 3. The zero-order valence-corrected chi connectivity index (χ0v) is 4.50. The molecule has 0 aliphatic carbocycles. The maximum atomic E-state index is 9.66. The van der Waals surface area contributed by atoms with Crippen molar-refractivity contribution >= 4 is 6.29 Å². The Morgan fingerprint density at radius 2 is 2.50 bits per heavy atom. The normalized spacial score (nSPS) is 12.0. The van der Waals surface area contributed by atoms with Crippen LogP contribution in [0.15, 0.2) is 0 Å². The summed E-state index contributed by atoms with van der Waals surface area (Å²) in [5, 5.41) is 8.68. The summed E-state index contributed by atoms with van der Waals surface area (Å²) in [5.74, 6) is 2.24. The van der Waals surface area contributed by atoms with Crippen molar-refractivity contribution in [2.45, 2.75) is 18.9 Å². The molecule has 1 atom stereocenters. The van der Waals surface area contributed by atoms with E-state index in [1.165, 1.54) is 0 Å². The molecule has 0 saturated heterocycles. The van der Waals surface area contributed by atoms with Crippen LogP contribution in [0.4, 0.5) is 0 Å². The third kappa shape index (κ3) is 3.38. The van der Waals surface area contributed by atoms with Gasteiger partial charge in [0, 0.05) is 12.8 Å². The predicted molar refractivity (Wildman–Crippen MR) is 30.1 cm³/mol. The molecular weight excluding hydrogens is 104 g/mol. The number of aliphatic hydroxyl groups is 1. The van der Waals surface area contributed by atoms with E-state index in [-0.39, 0.29) is 12.8 Å². The summed E-state index contributed by atoms with van der Waals surface area (Å²) in [4.78, 5) is 9.66. The smallest absolute Gasteiger partial charge is 0.122 e. The lowest BCUT2D eigenvalue weighted by molar-refractivity contribution is -0.109. The molecule has 0 aliphatic rings. The minimum absolute atomic E-state index is 0.143. The predicted octanol–water partition coefficient (Wildman–Crippen LogP) is -0.0404. The Bertz CT molecular complexity index is 102. The molecule has 0 saturated carbocycles. The van der Waals surface area contributed by atoms with Crippen LogP contribution in [0.2, 0.25) is 0 Å². The fraction of sp³-hybridized carbons (Fsp3) is 0.500. The van der Waals surface area contributed by atoms with E-state index < -0.39 is 6.10 Å². The van der Waals surface area contributed by atoms with Gasteiger partial charge >= 0.3 is 0 Å². The average molecular weight is 112 g/mol. The first kappa shape index (κ1) is 7.19. The van der Waals surface area contributed by atoms with Crippen molar-refractivity contribution < 1.29 is 9.90 Å². The van der Waals surface area contributed by atoms with Crippen LogP contribution >= 0.6 is 0 Å². The van der Waals surface area contributed by atoms with Crippen LogP contribution in [-0.2, 0) is 4.79 Å². The first-order valence-electron chi connectivity index (χ1n) is 2.36. The molecule has 0 rings (SSSR count). The average Bonchev–Trinajstić information content (AvgIpc) is 1.68. The maximum absolute atomic E-state index is 9.66. The molecule has 0 heterocycles. The number of hydrogen-bond acceptors (Lipinski definition) is 2. The van der Waals surface area contributed by atoms with Gasteiger partial charge in [-0.25, -0.2) is 0 Å². The zero-order valence-electron chi connectivity index (χ0n) is 4.50. The first-order chi connectivity index (χ1) is 3.81. The van der Waals surface area contributed by atoms with E-state index >= 15 is 0 Å². The van der Waals surface area contributed by atoms with Gasteiger partial charge in [0.2, 0.25) is 0 Å². The van der Waals surface area contributed by atoms with Gasteiger partial charge in [0.1, 0.15) is 6.29 Å². The molecule has 2 nitrogen and oxygen atoms in total. The fourth-order valence-electron chi connectivity index (χ4n) is 0.330. The largest absolute Gasteiger partial charge is 0.392 e. The Labute approximate surface area is 48.5 Å². The van der Waals surface area contributed by atoms with E-state index in [1.54, 1.807) is 0 Å². The Morgan fingerprint density at radius 1 is 1.88 bits per heavy atom. The third-order valence-electron chi connectivity index (χ3n) is 0.722. The summed E-state index contributed by atoms with van der Waals surface area (Å²) >= 11 is 0. The van der Waals surface area contributed by atoms with Crippen LogP contribution in [-0.4, -0.2) is 17.5 Å². The molecule has 0 radical (unpaired) electrons. The Kier molecular flexibility index (Phi) is 3.91. The number of aldehydes is 1. The highest BCUT2D eigenvalue weighted by molar-refractivity contribution is 5.50. The van der Waals surface area contributed by atoms with Gasteiger partial charge in [-0.05, 0) is 0 Å². The van der Waals surface area contributed by atoms with Crippen LogP contribution in [0.1, 0.15) is 12.8 Å². The van der Waals surface area contributed by atoms with Crippen molar-refractivity contribution in [3.8, 4) is 12.3 Å². The minimum Gasteiger partial charge on any atom is -0.392 e. The molecule has 0 aromatic heterocycles. The van der Waals surface area contributed by atoms with Crippen LogP contribution in [0.3, 0.4) is 0 Å². The van der Waals surface area contributed by atoms with Crippen molar-refractivity contribution in [1.82, 2.24) is 0 Å². The van der Waals surface area contributed by atoms with Crippen molar-refractivity contribution in [1.29, 1.82) is 0 Å². The van der Waals surface area contributed by atoms with Crippen molar-refractivity contribution in [2.24, 2.45) is 0 Å². The quantitative estimate of drug-likeness (QED) is 0.411. The van der Waals surface area contributed by atoms with Gasteiger partial charge in [-0.3, -0.25) is 0 Å². The topological polar surface area (TPSA) is 37.3 Å². The van der Waals surface area contributed by atoms with Gasteiger partial charge in [0.05, 0.1) is 6.10 Å².